The third kappa shape index (κ3) is 6.18. The van der Waals surface area contributed by atoms with Crippen molar-refractivity contribution in [3.63, 3.8) is 0 Å². The summed E-state index contributed by atoms with van der Waals surface area (Å²) in [6.07, 6.45) is 2.58. The summed E-state index contributed by atoms with van der Waals surface area (Å²) in [6.45, 7) is 4.93. The minimum absolute atomic E-state index is 0.0885. The first-order valence-corrected chi connectivity index (χ1v) is 8.17. The number of carbonyl (C=O) groups excluding carboxylic acids is 1. The zero-order chi connectivity index (χ0) is 16.5. The van der Waals surface area contributed by atoms with Crippen LogP contribution in [0.3, 0.4) is 0 Å². The maximum atomic E-state index is 12.0. The molecular formula is C17H26N4O2. The van der Waals surface area contributed by atoms with E-state index in [0.29, 0.717) is 18.7 Å². The van der Waals surface area contributed by atoms with E-state index in [1.165, 1.54) is 12.8 Å². The van der Waals surface area contributed by atoms with E-state index in [1.807, 2.05) is 6.92 Å². The monoisotopic (exact) mass is 318 g/mol. The van der Waals surface area contributed by atoms with Crippen molar-refractivity contribution in [3.05, 3.63) is 29.8 Å². The van der Waals surface area contributed by atoms with Crippen molar-refractivity contribution in [1.29, 1.82) is 0 Å². The summed E-state index contributed by atoms with van der Waals surface area (Å²) >= 11 is 0. The molecule has 1 aliphatic rings. The molecule has 23 heavy (non-hydrogen) atoms. The van der Waals surface area contributed by atoms with Gasteiger partial charge in [0.25, 0.3) is 5.91 Å². The molecule has 1 aromatic rings. The fourth-order valence-electron chi connectivity index (χ4n) is 2.06. The Bertz CT molecular complexity index is 524. The normalized spacial score (nSPS) is 14.3. The average Bonchev–Trinajstić information content (AvgIpc) is 3.40. The summed E-state index contributed by atoms with van der Waals surface area (Å²) in [7, 11) is 1.60. The summed E-state index contributed by atoms with van der Waals surface area (Å²) in [5.74, 6) is 2.23. The highest BCUT2D eigenvalue weighted by Gasteiger charge is 2.20. The predicted molar refractivity (Wildman–Crippen MR) is 92.0 cm³/mol. The quantitative estimate of drug-likeness (QED) is 0.385. The molecule has 1 fully saturated rings. The zero-order valence-electron chi connectivity index (χ0n) is 13.9. The molecule has 0 unspecified atom stereocenters. The molecular weight excluding hydrogens is 292 g/mol. The van der Waals surface area contributed by atoms with Crippen molar-refractivity contribution in [3.8, 4) is 5.75 Å². The molecule has 0 spiro atoms. The molecule has 0 radical (unpaired) electrons. The number of nitrogens with zero attached hydrogens (tertiary/aromatic N) is 1. The Morgan fingerprint density at radius 1 is 1.17 bits per heavy atom. The molecule has 2 rings (SSSR count). The van der Waals surface area contributed by atoms with Gasteiger partial charge in [-0.1, -0.05) is 0 Å². The molecule has 0 aliphatic heterocycles. The van der Waals surface area contributed by atoms with E-state index < -0.39 is 0 Å². The molecule has 0 atom stereocenters. The minimum Gasteiger partial charge on any atom is -0.497 e. The molecule has 0 heterocycles. The van der Waals surface area contributed by atoms with Crippen LogP contribution in [0, 0.1) is 5.92 Å². The highest BCUT2D eigenvalue weighted by atomic mass is 16.5. The number of amides is 1. The number of guanidine groups is 1. The molecule has 0 bridgehead atoms. The Balaban J connectivity index is 1.69. The topological polar surface area (TPSA) is 74.8 Å². The molecule has 1 amide bonds. The molecule has 1 aliphatic carbocycles. The molecule has 0 saturated heterocycles. The standard InChI is InChI=1S/C17H26N4O2/c1-3-18-17(21-12-13-4-5-13)20-11-10-19-16(22)14-6-8-15(23-2)9-7-14/h6-9,13H,3-5,10-12H2,1-2H3,(H,19,22)(H2,18,20,21). The fourth-order valence-corrected chi connectivity index (χ4v) is 2.06. The SMILES string of the molecule is CCNC(=NCC1CC1)NCCNC(=O)c1ccc(OC)cc1. The highest BCUT2D eigenvalue weighted by molar-refractivity contribution is 5.94. The second-order valence-electron chi connectivity index (χ2n) is 5.57. The first-order chi connectivity index (χ1) is 11.2. The van der Waals surface area contributed by atoms with Gasteiger partial charge in [-0.3, -0.25) is 9.79 Å². The van der Waals surface area contributed by atoms with Crippen LogP contribution in [0.2, 0.25) is 0 Å². The number of hydrogen-bond acceptors (Lipinski definition) is 3. The number of nitrogens with one attached hydrogen (secondary N) is 3. The zero-order valence-corrected chi connectivity index (χ0v) is 13.9. The maximum Gasteiger partial charge on any atom is 0.251 e. The van der Waals surface area contributed by atoms with Gasteiger partial charge in [-0.2, -0.15) is 0 Å². The van der Waals surface area contributed by atoms with Crippen molar-refractivity contribution in [2.45, 2.75) is 19.8 Å². The van der Waals surface area contributed by atoms with Crippen molar-refractivity contribution >= 4 is 11.9 Å². The largest absolute Gasteiger partial charge is 0.497 e. The van der Waals surface area contributed by atoms with Gasteiger partial charge in [-0.05, 0) is 49.9 Å². The van der Waals surface area contributed by atoms with Crippen LogP contribution in [-0.2, 0) is 0 Å². The van der Waals surface area contributed by atoms with Crippen LogP contribution in [0.1, 0.15) is 30.1 Å². The van der Waals surface area contributed by atoms with Gasteiger partial charge in [0.1, 0.15) is 5.75 Å². The van der Waals surface area contributed by atoms with Crippen LogP contribution in [-0.4, -0.2) is 45.2 Å². The van der Waals surface area contributed by atoms with Gasteiger partial charge in [0.2, 0.25) is 0 Å². The average molecular weight is 318 g/mol. The Kier molecular flexibility index (Phi) is 6.72. The van der Waals surface area contributed by atoms with Gasteiger partial charge in [0, 0.05) is 31.7 Å². The van der Waals surface area contributed by atoms with E-state index >= 15 is 0 Å². The summed E-state index contributed by atoms with van der Waals surface area (Å²) < 4.78 is 5.08. The molecule has 3 N–H and O–H groups in total. The Hall–Kier alpha value is -2.24. The third-order valence-electron chi connectivity index (χ3n) is 3.60. The number of benzene rings is 1. The minimum atomic E-state index is -0.0885. The van der Waals surface area contributed by atoms with Gasteiger partial charge >= 0.3 is 0 Å². The van der Waals surface area contributed by atoms with Crippen LogP contribution in [0.4, 0.5) is 0 Å². The molecule has 1 saturated carbocycles. The number of ether oxygens (including phenoxy) is 1. The van der Waals surface area contributed by atoms with Crippen LogP contribution >= 0.6 is 0 Å². The van der Waals surface area contributed by atoms with Crippen molar-refractivity contribution in [2.24, 2.45) is 10.9 Å². The van der Waals surface area contributed by atoms with Crippen LogP contribution in [0.15, 0.2) is 29.3 Å². The number of methoxy groups -OCH3 is 1. The van der Waals surface area contributed by atoms with Gasteiger partial charge in [0.15, 0.2) is 5.96 Å². The number of carbonyl (C=O) groups is 1. The van der Waals surface area contributed by atoms with Crippen LogP contribution in [0.25, 0.3) is 0 Å². The van der Waals surface area contributed by atoms with Crippen molar-refractivity contribution in [2.75, 3.05) is 33.3 Å². The molecule has 126 valence electrons. The van der Waals surface area contributed by atoms with Gasteiger partial charge in [-0.15, -0.1) is 0 Å². The van der Waals surface area contributed by atoms with E-state index in [0.717, 1.165) is 30.7 Å². The second kappa shape index (κ2) is 9.02. The second-order valence-corrected chi connectivity index (χ2v) is 5.57. The third-order valence-corrected chi connectivity index (χ3v) is 3.60. The van der Waals surface area contributed by atoms with Crippen molar-refractivity contribution in [1.82, 2.24) is 16.0 Å². The van der Waals surface area contributed by atoms with E-state index in [1.54, 1.807) is 31.4 Å². The van der Waals surface area contributed by atoms with E-state index in [2.05, 4.69) is 20.9 Å². The summed E-state index contributed by atoms with van der Waals surface area (Å²) in [6, 6.07) is 7.06. The fraction of sp³-hybridized carbons (Fsp3) is 0.529. The lowest BCUT2D eigenvalue weighted by Crippen LogP contribution is -2.41. The molecule has 6 nitrogen and oxygen atoms in total. The van der Waals surface area contributed by atoms with E-state index in [-0.39, 0.29) is 5.91 Å². The smallest absolute Gasteiger partial charge is 0.251 e. The Morgan fingerprint density at radius 2 is 1.87 bits per heavy atom. The molecule has 6 heteroatoms. The lowest BCUT2D eigenvalue weighted by Gasteiger charge is -2.12. The predicted octanol–water partition coefficient (Wildman–Crippen LogP) is 1.39. The Labute approximate surface area is 137 Å². The van der Waals surface area contributed by atoms with Gasteiger partial charge < -0.3 is 20.7 Å². The van der Waals surface area contributed by atoms with Crippen LogP contribution < -0.4 is 20.7 Å². The van der Waals surface area contributed by atoms with E-state index in [4.69, 9.17) is 4.74 Å². The van der Waals surface area contributed by atoms with Gasteiger partial charge in [0.05, 0.1) is 7.11 Å². The molecule has 0 aromatic heterocycles. The van der Waals surface area contributed by atoms with Crippen molar-refractivity contribution < 1.29 is 9.53 Å². The summed E-state index contributed by atoms with van der Waals surface area (Å²) in [5.41, 5.74) is 0.625. The number of hydrogen-bond donors (Lipinski definition) is 3. The number of aliphatic imine (C=N–C) groups is 1. The highest BCUT2D eigenvalue weighted by Crippen LogP contribution is 2.28. The number of rotatable bonds is 8. The first kappa shape index (κ1) is 17.1. The summed E-state index contributed by atoms with van der Waals surface area (Å²) in [5, 5.41) is 9.33. The lowest BCUT2D eigenvalue weighted by molar-refractivity contribution is 0.0954. The first-order valence-electron chi connectivity index (χ1n) is 8.17. The lowest BCUT2D eigenvalue weighted by atomic mass is 10.2. The maximum absolute atomic E-state index is 12.0. The summed E-state index contributed by atoms with van der Waals surface area (Å²) in [4.78, 5) is 16.5. The Morgan fingerprint density at radius 3 is 2.48 bits per heavy atom. The van der Waals surface area contributed by atoms with Crippen LogP contribution in [0.5, 0.6) is 5.75 Å². The van der Waals surface area contributed by atoms with Gasteiger partial charge in [-0.25, -0.2) is 0 Å². The molecule has 1 aromatic carbocycles. The van der Waals surface area contributed by atoms with E-state index in [9.17, 15) is 4.79 Å².